The van der Waals surface area contributed by atoms with Gasteiger partial charge in [-0.15, -0.1) is 0 Å². The van der Waals surface area contributed by atoms with Crippen LogP contribution in [0.25, 0.3) is 5.69 Å². The van der Waals surface area contributed by atoms with Crippen LogP contribution < -0.4 is 5.32 Å². The summed E-state index contributed by atoms with van der Waals surface area (Å²) in [5, 5.41) is 13.3. The number of hydrogen-bond acceptors (Lipinski definition) is 3. The van der Waals surface area contributed by atoms with Gasteiger partial charge in [-0.25, -0.2) is 4.98 Å². The van der Waals surface area contributed by atoms with Gasteiger partial charge in [0, 0.05) is 24.4 Å². The van der Waals surface area contributed by atoms with Crippen LogP contribution in [0.15, 0.2) is 61.2 Å². The van der Waals surface area contributed by atoms with Crippen molar-refractivity contribution >= 4 is 5.91 Å². The molecule has 4 rings (SSSR count). The van der Waals surface area contributed by atoms with Crippen molar-refractivity contribution in [3.8, 4) is 5.69 Å². The lowest BCUT2D eigenvalue weighted by Gasteiger charge is -2.18. The average molecular weight is 333 g/mol. The van der Waals surface area contributed by atoms with Gasteiger partial charge in [-0.2, -0.15) is 0 Å². The van der Waals surface area contributed by atoms with Gasteiger partial charge in [0.15, 0.2) is 0 Å². The lowest BCUT2D eigenvalue weighted by Crippen LogP contribution is -2.33. The van der Waals surface area contributed by atoms with Gasteiger partial charge in [0.2, 0.25) is 0 Å². The third-order valence-electron chi connectivity index (χ3n) is 4.74. The van der Waals surface area contributed by atoms with Crippen LogP contribution in [-0.4, -0.2) is 26.7 Å². The number of amides is 1. The lowest BCUT2D eigenvalue weighted by atomic mass is 10.1. The molecule has 0 aliphatic heterocycles. The fourth-order valence-electron chi connectivity index (χ4n) is 3.40. The number of carbonyl (C=O) groups is 1. The molecule has 0 unspecified atom stereocenters. The summed E-state index contributed by atoms with van der Waals surface area (Å²) in [4.78, 5) is 16.8. The monoisotopic (exact) mass is 333 g/mol. The second-order valence-electron chi connectivity index (χ2n) is 6.39. The summed E-state index contributed by atoms with van der Waals surface area (Å²) in [6.45, 7) is 1.99. The average Bonchev–Trinajstić information content (AvgIpc) is 3.24. The molecule has 0 bridgehead atoms. The van der Waals surface area contributed by atoms with Crippen LogP contribution in [0, 0.1) is 6.92 Å². The van der Waals surface area contributed by atoms with Crippen molar-refractivity contribution in [3.05, 3.63) is 83.4 Å². The Morgan fingerprint density at radius 3 is 2.92 bits per heavy atom. The van der Waals surface area contributed by atoms with Crippen molar-refractivity contribution in [1.82, 2.24) is 14.9 Å². The summed E-state index contributed by atoms with van der Waals surface area (Å²) >= 11 is 0. The van der Waals surface area contributed by atoms with Crippen molar-refractivity contribution < 1.29 is 9.90 Å². The number of fused-ring (bicyclic) bond motifs is 1. The van der Waals surface area contributed by atoms with E-state index in [2.05, 4.69) is 10.3 Å². The maximum Gasteiger partial charge on any atom is 0.251 e. The predicted molar refractivity (Wildman–Crippen MR) is 94.7 cm³/mol. The van der Waals surface area contributed by atoms with Gasteiger partial charge in [-0.05, 0) is 35.7 Å². The number of imidazole rings is 1. The molecule has 2 aromatic carbocycles. The summed E-state index contributed by atoms with van der Waals surface area (Å²) in [7, 11) is 0. The van der Waals surface area contributed by atoms with Crippen LogP contribution in [0.3, 0.4) is 0 Å². The Kier molecular flexibility index (Phi) is 3.86. The Hall–Kier alpha value is -2.92. The fraction of sp³-hybridized carbons (Fsp3) is 0.200. The number of hydrogen-bond donors (Lipinski definition) is 2. The second-order valence-corrected chi connectivity index (χ2v) is 6.39. The third-order valence-corrected chi connectivity index (χ3v) is 4.74. The van der Waals surface area contributed by atoms with E-state index in [1.807, 2.05) is 54.1 Å². The second kappa shape index (κ2) is 6.18. The number of carbonyl (C=O) groups excluding carboxylic acids is 1. The van der Waals surface area contributed by atoms with Crippen molar-refractivity contribution in [2.75, 3.05) is 0 Å². The van der Waals surface area contributed by atoms with Gasteiger partial charge < -0.3 is 15.0 Å². The minimum atomic E-state index is -0.597. The van der Waals surface area contributed by atoms with E-state index in [9.17, 15) is 9.90 Å². The number of aliphatic hydroxyl groups excluding tert-OH is 1. The SMILES string of the molecule is Cc1ccc(C(=O)N[C@@H]2c3ccccc3C[C@H]2O)cc1-n1ccnc1. The quantitative estimate of drug-likeness (QED) is 0.774. The molecule has 1 aliphatic rings. The van der Waals surface area contributed by atoms with E-state index in [-0.39, 0.29) is 11.9 Å². The molecule has 1 aromatic heterocycles. The molecule has 0 saturated carbocycles. The number of aryl methyl sites for hydroxylation is 1. The molecule has 1 heterocycles. The zero-order valence-corrected chi connectivity index (χ0v) is 13.9. The minimum Gasteiger partial charge on any atom is -0.390 e. The first-order valence-electron chi connectivity index (χ1n) is 8.29. The van der Waals surface area contributed by atoms with E-state index in [4.69, 9.17) is 0 Å². The van der Waals surface area contributed by atoms with Gasteiger partial charge in [-0.3, -0.25) is 4.79 Å². The van der Waals surface area contributed by atoms with Gasteiger partial charge in [-0.1, -0.05) is 30.3 Å². The maximum absolute atomic E-state index is 12.7. The third kappa shape index (κ3) is 2.83. The zero-order valence-electron chi connectivity index (χ0n) is 13.9. The van der Waals surface area contributed by atoms with Crippen molar-refractivity contribution in [1.29, 1.82) is 0 Å². The van der Waals surface area contributed by atoms with E-state index in [1.54, 1.807) is 18.6 Å². The summed E-state index contributed by atoms with van der Waals surface area (Å²) < 4.78 is 1.88. The number of rotatable bonds is 3. The molecule has 0 saturated heterocycles. The lowest BCUT2D eigenvalue weighted by molar-refractivity contribution is 0.0858. The largest absolute Gasteiger partial charge is 0.390 e. The number of aliphatic hydroxyl groups is 1. The van der Waals surface area contributed by atoms with Crippen LogP contribution in [-0.2, 0) is 6.42 Å². The molecule has 0 fully saturated rings. The number of nitrogens with one attached hydrogen (secondary N) is 1. The Labute approximate surface area is 146 Å². The zero-order chi connectivity index (χ0) is 17.4. The molecule has 1 aliphatic carbocycles. The summed E-state index contributed by atoms with van der Waals surface area (Å²) in [6, 6.07) is 13.0. The normalized spacial score (nSPS) is 18.8. The van der Waals surface area contributed by atoms with Crippen molar-refractivity contribution in [3.63, 3.8) is 0 Å². The van der Waals surface area contributed by atoms with Crippen molar-refractivity contribution in [2.24, 2.45) is 0 Å². The van der Waals surface area contributed by atoms with E-state index in [0.717, 1.165) is 22.4 Å². The van der Waals surface area contributed by atoms with Crippen LogP contribution in [0.2, 0.25) is 0 Å². The van der Waals surface area contributed by atoms with Gasteiger partial charge in [0.25, 0.3) is 5.91 Å². The van der Waals surface area contributed by atoms with Crippen molar-refractivity contribution in [2.45, 2.75) is 25.5 Å². The van der Waals surface area contributed by atoms with Gasteiger partial charge >= 0.3 is 0 Å². The van der Waals surface area contributed by atoms with E-state index in [1.165, 1.54) is 0 Å². The first-order chi connectivity index (χ1) is 12.1. The molecule has 1 amide bonds. The smallest absolute Gasteiger partial charge is 0.251 e. The Morgan fingerprint density at radius 2 is 2.12 bits per heavy atom. The van der Waals surface area contributed by atoms with Crippen LogP contribution in [0.1, 0.15) is 33.1 Å². The maximum atomic E-state index is 12.7. The molecular formula is C20H19N3O2. The molecule has 5 nitrogen and oxygen atoms in total. The Balaban J connectivity index is 1.61. The Morgan fingerprint density at radius 1 is 1.28 bits per heavy atom. The van der Waals surface area contributed by atoms with Gasteiger partial charge in [0.1, 0.15) is 0 Å². The standard InChI is InChI=1S/C20H19N3O2/c1-13-6-7-15(10-17(13)23-9-8-21-12-23)20(25)22-19-16-5-3-2-4-14(16)11-18(19)24/h2-10,12,18-19,24H,11H2,1H3,(H,22,25)/t18-,19-/m1/s1. The molecule has 0 radical (unpaired) electrons. The fourth-order valence-corrected chi connectivity index (χ4v) is 3.40. The number of nitrogens with zero attached hydrogens (tertiary/aromatic N) is 2. The first kappa shape index (κ1) is 15.6. The topological polar surface area (TPSA) is 67.2 Å². The molecule has 3 aromatic rings. The molecule has 2 N–H and O–H groups in total. The Bertz CT molecular complexity index is 918. The summed E-state index contributed by atoms with van der Waals surface area (Å²) in [5.74, 6) is -0.192. The number of benzene rings is 2. The molecule has 0 spiro atoms. The predicted octanol–water partition coefficient (Wildman–Crippen LogP) is 2.57. The molecule has 126 valence electrons. The molecule has 2 atom stereocenters. The molecule has 25 heavy (non-hydrogen) atoms. The molecule has 5 heteroatoms. The molecular weight excluding hydrogens is 314 g/mol. The highest BCUT2D eigenvalue weighted by Crippen LogP contribution is 2.31. The van der Waals surface area contributed by atoms with Crippen LogP contribution >= 0.6 is 0 Å². The highest BCUT2D eigenvalue weighted by atomic mass is 16.3. The summed E-state index contributed by atoms with van der Waals surface area (Å²) in [6.07, 6.45) is 5.23. The highest BCUT2D eigenvalue weighted by molar-refractivity contribution is 5.95. The highest BCUT2D eigenvalue weighted by Gasteiger charge is 2.32. The van der Waals surface area contributed by atoms with Crippen LogP contribution in [0.5, 0.6) is 0 Å². The van der Waals surface area contributed by atoms with Gasteiger partial charge in [0.05, 0.1) is 24.2 Å². The summed E-state index contributed by atoms with van der Waals surface area (Å²) in [5.41, 5.74) is 4.61. The van der Waals surface area contributed by atoms with E-state index in [0.29, 0.717) is 12.0 Å². The van der Waals surface area contributed by atoms with E-state index >= 15 is 0 Å². The first-order valence-corrected chi connectivity index (χ1v) is 8.29. The minimum absolute atomic E-state index is 0.192. The van der Waals surface area contributed by atoms with Crippen LogP contribution in [0.4, 0.5) is 0 Å². The number of aromatic nitrogens is 2. The van der Waals surface area contributed by atoms with E-state index < -0.39 is 6.10 Å².